The molecule has 1 aliphatic carbocycles. The van der Waals surface area contributed by atoms with Crippen LogP contribution in [0.1, 0.15) is 44.6 Å². The van der Waals surface area contributed by atoms with Crippen molar-refractivity contribution in [2.45, 2.75) is 56.4 Å². The summed E-state index contributed by atoms with van der Waals surface area (Å²) in [6, 6.07) is 5.49. The Morgan fingerprint density at radius 2 is 2.05 bits per heavy atom. The lowest BCUT2D eigenvalue weighted by molar-refractivity contribution is 0.484. The summed E-state index contributed by atoms with van der Waals surface area (Å²) in [6.07, 6.45) is 6.25. The first-order chi connectivity index (χ1) is 10.0. The van der Waals surface area contributed by atoms with E-state index in [0.29, 0.717) is 10.8 Å². The molecule has 1 aromatic rings. The second-order valence-corrected chi connectivity index (χ2v) is 8.14. The molecule has 1 aromatic carbocycles. The van der Waals surface area contributed by atoms with Crippen molar-refractivity contribution in [3.8, 4) is 0 Å². The van der Waals surface area contributed by atoms with Gasteiger partial charge in [0.05, 0.1) is 4.90 Å². The molecular weight excluding hydrogens is 284 g/mol. The van der Waals surface area contributed by atoms with E-state index < -0.39 is 10.0 Å². The molecule has 3 rings (SSSR count). The van der Waals surface area contributed by atoms with Crippen molar-refractivity contribution in [2.75, 3.05) is 11.9 Å². The minimum atomic E-state index is -3.39. The van der Waals surface area contributed by atoms with Crippen LogP contribution in [0.15, 0.2) is 23.1 Å². The van der Waals surface area contributed by atoms with Crippen LogP contribution in [0.5, 0.6) is 0 Å². The Balaban J connectivity index is 1.74. The van der Waals surface area contributed by atoms with Gasteiger partial charge in [0, 0.05) is 18.3 Å². The van der Waals surface area contributed by atoms with Crippen LogP contribution in [-0.4, -0.2) is 21.0 Å². The predicted octanol–water partition coefficient (Wildman–Crippen LogP) is 2.90. The smallest absolute Gasteiger partial charge is 0.240 e. The van der Waals surface area contributed by atoms with Gasteiger partial charge in [0.2, 0.25) is 10.0 Å². The Morgan fingerprint density at radius 3 is 2.90 bits per heavy atom. The zero-order chi connectivity index (χ0) is 14.9. The number of nitrogens with one attached hydrogen (secondary N) is 2. The quantitative estimate of drug-likeness (QED) is 0.844. The largest absolute Gasteiger partial charge is 0.384 e. The lowest BCUT2D eigenvalue weighted by Crippen LogP contribution is -2.34. The maximum Gasteiger partial charge on any atom is 0.240 e. The van der Waals surface area contributed by atoms with Gasteiger partial charge in [-0.15, -0.1) is 0 Å². The van der Waals surface area contributed by atoms with Gasteiger partial charge < -0.3 is 5.32 Å². The number of hydrogen-bond acceptors (Lipinski definition) is 3. The molecule has 2 N–H and O–H groups in total. The van der Waals surface area contributed by atoms with Crippen LogP contribution in [-0.2, 0) is 16.4 Å². The van der Waals surface area contributed by atoms with Crippen LogP contribution in [0.4, 0.5) is 5.69 Å². The molecule has 1 saturated carbocycles. The van der Waals surface area contributed by atoms with Crippen LogP contribution < -0.4 is 10.0 Å². The molecule has 1 heterocycles. The summed E-state index contributed by atoms with van der Waals surface area (Å²) in [6.45, 7) is 3.15. The van der Waals surface area contributed by atoms with Gasteiger partial charge in [0.1, 0.15) is 0 Å². The summed E-state index contributed by atoms with van der Waals surface area (Å²) in [5.74, 6) is 0.713. The number of hydrogen-bond donors (Lipinski definition) is 2. The van der Waals surface area contributed by atoms with Crippen molar-refractivity contribution in [2.24, 2.45) is 5.92 Å². The molecule has 0 amide bonds. The number of fused-ring (bicyclic) bond motifs is 1. The summed E-state index contributed by atoms with van der Waals surface area (Å²) in [4.78, 5) is 0.405. The molecule has 2 unspecified atom stereocenters. The third-order valence-electron chi connectivity index (χ3n) is 4.68. The Hall–Kier alpha value is -1.07. The lowest BCUT2D eigenvalue weighted by Gasteiger charge is -2.17. The fourth-order valence-corrected chi connectivity index (χ4v) is 4.70. The highest BCUT2D eigenvalue weighted by molar-refractivity contribution is 7.89. The Labute approximate surface area is 127 Å². The molecule has 0 spiro atoms. The first-order valence-electron chi connectivity index (χ1n) is 7.94. The molecule has 0 bridgehead atoms. The second kappa shape index (κ2) is 5.97. The first-order valence-corrected chi connectivity index (χ1v) is 9.42. The monoisotopic (exact) mass is 308 g/mol. The zero-order valence-electron chi connectivity index (χ0n) is 12.6. The van der Waals surface area contributed by atoms with E-state index in [4.69, 9.17) is 0 Å². The van der Waals surface area contributed by atoms with Crippen LogP contribution in [0, 0.1) is 5.92 Å². The van der Waals surface area contributed by atoms with E-state index in [1.165, 1.54) is 6.42 Å². The Kier molecular flexibility index (Phi) is 4.22. The number of sulfonamides is 1. The molecule has 0 saturated heterocycles. The Morgan fingerprint density at radius 1 is 1.19 bits per heavy atom. The van der Waals surface area contributed by atoms with Crippen molar-refractivity contribution < 1.29 is 8.42 Å². The van der Waals surface area contributed by atoms with Crippen LogP contribution in [0.2, 0.25) is 0 Å². The summed E-state index contributed by atoms with van der Waals surface area (Å²) >= 11 is 0. The fraction of sp³-hybridized carbons (Fsp3) is 0.625. The zero-order valence-corrected chi connectivity index (χ0v) is 13.4. The SMILES string of the molecule is CC1CCCC(NS(=O)(=O)c2ccc3c(c2)CCN3)CC1. The van der Waals surface area contributed by atoms with Crippen molar-refractivity contribution in [3.63, 3.8) is 0 Å². The molecular formula is C16H24N2O2S. The molecule has 0 radical (unpaired) electrons. The number of rotatable bonds is 3. The molecule has 21 heavy (non-hydrogen) atoms. The van der Waals surface area contributed by atoms with E-state index in [9.17, 15) is 8.42 Å². The van der Waals surface area contributed by atoms with Crippen molar-refractivity contribution in [1.29, 1.82) is 0 Å². The van der Waals surface area contributed by atoms with Crippen molar-refractivity contribution in [3.05, 3.63) is 23.8 Å². The predicted molar refractivity (Wildman–Crippen MR) is 85.0 cm³/mol. The average molecular weight is 308 g/mol. The van der Waals surface area contributed by atoms with Gasteiger partial charge >= 0.3 is 0 Å². The maximum absolute atomic E-state index is 12.6. The molecule has 2 aliphatic rings. The highest BCUT2D eigenvalue weighted by atomic mass is 32.2. The van der Waals surface area contributed by atoms with Crippen LogP contribution in [0.25, 0.3) is 0 Å². The van der Waals surface area contributed by atoms with E-state index in [0.717, 1.165) is 49.9 Å². The molecule has 5 heteroatoms. The normalized spacial score (nSPS) is 26.0. The Bertz CT molecular complexity index is 613. The van der Waals surface area contributed by atoms with Crippen molar-refractivity contribution >= 4 is 15.7 Å². The van der Waals surface area contributed by atoms with Gasteiger partial charge in [-0.25, -0.2) is 13.1 Å². The first kappa shape index (κ1) is 14.9. The van der Waals surface area contributed by atoms with E-state index in [1.807, 2.05) is 12.1 Å². The highest BCUT2D eigenvalue weighted by Crippen LogP contribution is 2.27. The molecule has 0 aromatic heterocycles. The molecule has 4 nitrogen and oxygen atoms in total. The van der Waals surface area contributed by atoms with E-state index >= 15 is 0 Å². The third-order valence-corrected chi connectivity index (χ3v) is 6.19. The summed E-state index contributed by atoms with van der Waals surface area (Å²) < 4.78 is 28.0. The van der Waals surface area contributed by atoms with Gasteiger partial charge in [-0.05, 0) is 55.4 Å². The van der Waals surface area contributed by atoms with Crippen LogP contribution in [0.3, 0.4) is 0 Å². The molecule has 1 fully saturated rings. The number of anilines is 1. The average Bonchev–Trinajstić information content (AvgIpc) is 2.83. The van der Waals surface area contributed by atoms with Gasteiger partial charge in [-0.3, -0.25) is 0 Å². The van der Waals surface area contributed by atoms with Gasteiger partial charge in [-0.2, -0.15) is 0 Å². The van der Waals surface area contributed by atoms with E-state index in [2.05, 4.69) is 17.0 Å². The highest BCUT2D eigenvalue weighted by Gasteiger charge is 2.24. The summed E-state index contributed by atoms with van der Waals surface area (Å²) in [5, 5.41) is 3.26. The molecule has 2 atom stereocenters. The minimum Gasteiger partial charge on any atom is -0.384 e. The van der Waals surface area contributed by atoms with Crippen molar-refractivity contribution in [1.82, 2.24) is 4.72 Å². The standard InChI is InChI=1S/C16H24N2O2S/c1-12-3-2-4-14(6-5-12)18-21(19,20)15-7-8-16-13(11-15)9-10-17-16/h7-8,11-12,14,17-18H,2-6,9-10H2,1H3. The third kappa shape index (κ3) is 3.40. The molecule has 116 valence electrons. The minimum absolute atomic E-state index is 0.0892. The summed E-state index contributed by atoms with van der Waals surface area (Å²) in [7, 11) is -3.39. The topological polar surface area (TPSA) is 58.2 Å². The summed E-state index contributed by atoms with van der Waals surface area (Å²) in [5.41, 5.74) is 2.17. The van der Waals surface area contributed by atoms with E-state index in [1.54, 1.807) is 6.07 Å². The van der Waals surface area contributed by atoms with Gasteiger partial charge in [-0.1, -0.05) is 19.8 Å². The van der Waals surface area contributed by atoms with E-state index in [-0.39, 0.29) is 6.04 Å². The van der Waals surface area contributed by atoms with Crippen LogP contribution >= 0.6 is 0 Å². The van der Waals surface area contributed by atoms with Gasteiger partial charge in [0.25, 0.3) is 0 Å². The van der Waals surface area contributed by atoms with Gasteiger partial charge in [0.15, 0.2) is 0 Å². The fourth-order valence-electron chi connectivity index (χ4n) is 3.34. The lowest BCUT2D eigenvalue weighted by atomic mass is 10.0. The number of benzene rings is 1. The molecule has 1 aliphatic heterocycles. The second-order valence-electron chi connectivity index (χ2n) is 6.43. The maximum atomic E-state index is 12.6.